The molecule has 12 heteroatoms. The number of anilines is 2. The van der Waals surface area contributed by atoms with Crippen molar-refractivity contribution in [3.63, 3.8) is 0 Å². The molecular formula is C16H16N6O6. The average molecular weight is 388 g/mol. The summed E-state index contributed by atoms with van der Waals surface area (Å²) in [7, 11) is 0. The van der Waals surface area contributed by atoms with Crippen molar-refractivity contribution in [1.82, 2.24) is 10.6 Å². The molecule has 0 radical (unpaired) electrons. The third kappa shape index (κ3) is 6.25. The van der Waals surface area contributed by atoms with Gasteiger partial charge in [-0.3, -0.25) is 20.2 Å². The number of rotatable bonds is 7. The molecule has 0 aliphatic rings. The van der Waals surface area contributed by atoms with E-state index in [1.54, 1.807) is 0 Å². The molecule has 4 amide bonds. The third-order valence-electron chi connectivity index (χ3n) is 3.35. The molecule has 0 unspecified atom stereocenters. The molecule has 12 nitrogen and oxygen atoms in total. The maximum atomic E-state index is 11.7. The number of benzene rings is 2. The topological polar surface area (TPSA) is 169 Å². The van der Waals surface area contributed by atoms with Crippen LogP contribution >= 0.6 is 0 Å². The second-order valence-electron chi connectivity index (χ2n) is 5.37. The highest BCUT2D eigenvalue weighted by Gasteiger charge is 2.08. The number of amides is 4. The second-order valence-corrected chi connectivity index (χ2v) is 5.37. The molecule has 0 bridgehead atoms. The summed E-state index contributed by atoms with van der Waals surface area (Å²) in [5.74, 6) is 0. The quantitative estimate of drug-likeness (QED) is 0.322. The van der Waals surface area contributed by atoms with Crippen molar-refractivity contribution in [2.45, 2.75) is 0 Å². The lowest BCUT2D eigenvalue weighted by Crippen LogP contribution is -2.38. The fourth-order valence-corrected chi connectivity index (χ4v) is 2.07. The van der Waals surface area contributed by atoms with Crippen molar-refractivity contribution in [2.75, 3.05) is 23.7 Å². The Kier molecular flexibility index (Phi) is 6.80. The number of nitrogens with one attached hydrogen (secondary N) is 4. The van der Waals surface area contributed by atoms with Gasteiger partial charge in [-0.15, -0.1) is 0 Å². The number of non-ortho nitro benzene ring substituents is 2. The van der Waals surface area contributed by atoms with Gasteiger partial charge in [-0.05, 0) is 18.2 Å². The molecular weight excluding hydrogens is 372 g/mol. The van der Waals surface area contributed by atoms with Crippen molar-refractivity contribution in [3.05, 3.63) is 68.8 Å². The molecule has 0 aromatic heterocycles. The number of carbonyl (C=O) groups is 2. The first-order valence-corrected chi connectivity index (χ1v) is 7.94. The second kappa shape index (κ2) is 9.47. The number of nitro benzene ring substituents is 2. The number of urea groups is 2. The van der Waals surface area contributed by atoms with Crippen molar-refractivity contribution >= 4 is 34.8 Å². The van der Waals surface area contributed by atoms with Crippen LogP contribution < -0.4 is 21.3 Å². The first kappa shape index (κ1) is 20.1. The minimum atomic E-state index is -0.585. The van der Waals surface area contributed by atoms with E-state index in [-0.39, 0.29) is 30.2 Å². The van der Waals surface area contributed by atoms with E-state index >= 15 is 0 Å². The van der Waals surface area contributed by atoms with Crippen molar-refractivity contribution in [1.29, 1.82) is 0 Å². The Morgan fingerprint density at radius 3 is 1.82 bits per heavy atom. The number of carbonyl (C=O) groups excluding carboxylic acids is 2. The first-order chi connectivity index (χ1) is 13.3. The summed E-state index contributed by atoms with van der Waals surface area (Å²) >= 11 is 0. The fraction of sp³-hybridized carbons (Fsp3) is 0.125. The Bertz CT molecular complexity index is 885. The molecule has 0 atom stereocenters. The third-order valence-corrected chi connectivity index (χ3v) is 3.35. The molecule has 2 aromatic carbocycles. The average Bonchev–Trinajstić information content (AvgIpc) is 2.66. The van der Waals surface area contributed by atoms with Crippen molar-refractivity contribution in [3.8, 4) is 0 Å². The molecule has 0 fully saturated rings. The van der Waals surface area contributed by atoms with Crippen LogP contribution in [0, 0.1) is 20.2 Å². The number of nitro groups is 2. The molecule has 2 aromatic rings. The predicted octanol–water partition coefficient (Wildman–Crippen LogP) is 2.45. The molecule has 4 N–H and O–H groups in total. The Balaban J connectivity index is 1.69. The van der Waals surface area contributed by atoms with Crippen LogP contribution in [-0.2, 0) is 0 Å². The van der Waals surface area contributed by atoms with Crippen LogP contribution in [0.4, 0.5) is 32.3 Å². The van der Waals surface area contributed by atoms with Gasteiger partial charge >= 0.3 is 12.1 Å². The van der Waals surface area contributed by atoms with E-state index in [0.717, 1.165) is 0 Å². The zero-order chi connectivity index (χ0) is 20.5. The number of nitrogens with zero attached hydrogens (tertiary/aromatic N) is 2. The van der Waals surface area contributed by atoms with Crippen LogP contribution in [0.1, 0.15) is 0 Å². The summed E-state index contributed by atoms with van der Waals surface area (Å²) in [4.78, 5) is 43.6. The summed E-state index contributed by atoms with van der Waals surface area (Å²) in [6.45, 7) is 0.218. The van der Waals surface area contributed by atoms with Gasteiger partial charge in [0.2, 0.25) is 0 Å². The maximum Gasteiger partial charge on any atom is 0.319 e. The van der Waals surface area contributed by atoms with E-state index in [2.05, 4.69) is 21.3 Å². The Hall–Kier alpha value is -4.22. The molecule has 146 valence electrons. The SMILES string of the molecule is O=C(NCCNC(=O)Nc1cccc([N+](=O)[O-])c1)Nc1ccc([N+](=O)[O-])cc1. The van der Waals surface area contributed by atoms with E-state index < -0.39 is 21.9 Å². The summed E-state index contributed by atoms with van der Waals surface area (Å²) < 4.78 is 0. The Morgan fingerprint density at radius 1 is 0.750 bits per heavy atom. The highest BCUT2D eigenvalue weighted by atomic mass is 16.6. The van der Waals surface area contributed by atoms with Crippen LogP contribution in [0.5, 0.6) is 0 Å². The van der Waals surface area contributed by atoms with Crippen LogP contribution in [0.3, 0.4) is 0 Å². The van der Waals surface area contributed by atoms with Gasteiger partial charge in [0.15, 0.2) is 0 Å². The van der Waals surface area contributed by atoms with Crippen molar-refractivity contribution < 1.29 is 19.4 Å². The zero-order valence-corrected chi connectivity index (χ0v) is 14.4. The van der Waals surface area contributed by atoms with Gasteiger partial charge in [0, 0.05) is 48.7 Å². The molecule has 2 rings (SSSR count). The minimum Gasteiger partial charge on any atom is -0.336 e. The fourth-order valence-electron chi connectivity index (χ4n) is 2.07. The van der Waals surface area contributed by atoms with Gasteiger partial charge in [-0.25, -0.2) is 9.59 Å². The van der Waals surface area contributed by atoms with E-state index in [0.29, 0.717) is 5.69 Å². The van der Waals surface area contributed by atoms with E-state index in [4.69, 9.17) is 0 Å². The summed E-state index contributed by atoms with van der Waals surface area (Å²) in [5, 5.41) is 31.2. The van der Waals surface area contributed by atoms with Crippen molar-refractivity contribution in [2.24, 2.45) is 0 Å². The summed E-state index contributed by atoms with van der Waals surface area (Å²) in [6, 6.07) is 9.63. The lowest BCUT2D eigenvalue weighted by Gasteiger charge is -2.09. The Labute approximate surface area is 158 Å². The smallest absolute Gasteiger partial charge is 0.319 e. The monoisotopic (exact) mass is 388 g/mol. The van der Waals surface area contributed by atoms with Gasteiger partial charge in [0.05, 0.1) is 9.85 Å². The minimum absolute atomic E-state index is 0.0927. The largest absolute Gasteiger partial charge is 0.336 e. The molecule has 0 aliphatic carbocycles. The molecule has 0 aliphatic heterocycles. The lowest BCUT2D eigenvalue weighted by molar-refractivity contribution is -0.385. The highest BCUT2D eigenvalue weighted by Crippen LogP contribution is 2.17. The number of hydrogen-bond acceptors (Lipinski definition) is 6. The molecule has 0 heterocycles. The molecule has 0 saturated carbocycles. The highest BCUT2D eigenvalue weighted by molar-refractivity contribution is 5.90. The molecule has 0 spiro atoms. The normalized spacial score (nSPS) is 9.86. The van der Waals surface area contributed by atoms with Crippen LogP contribution in [0.25, 0.3) is 0 Å². The maximum absolute atomic E-state index is 11.7. The van der Waals surface area contributed by atoms with Crippen LogP contribution in [0.15, 0.2) is 48.5 Å². The molecule has 0 saturated heterocycles. The van der Waals surface area contributed by atoms with Gasteiger partial charge in [0.25, 0.3) is 11.4 Å². The van der Waals surface area contributed by atoms with E-state index in [9.17, 15) is 29.8 Å². The van der Waals surface area contributed by atoms with Gasteiger partial charge in [-0.2, -0.15) is 0 Å². The summed E-state index contributed by atoms with van der Waals surface area (Å²) in [5.41, 5.74) is 0.391. The zero-order valence-electron chi connectivity index (χ0n) is 14.4. The first-order valence-electron chi connectivity index (χ1n) is 7.94. The lowest BCUT2D eigenvalue weighted by atomic mass is 10.3. The van der Waals surface area contributed by atoms with Gasteiger partial charge < -0.3 is 21.3 Å². The van der Waals surface area contributed by atoms with Gasteiger partial charge in [0.1, 0.15) is 0 Å². The predicted molar refractivity (Wildman–Crippen MR) is 100 cm³/mol. The van der Waals surface area contributed by atoms with E-state index in [1.165, 1.54) is 48.5 Å². The van der Waals surface area contributed by atoms with Gasteiger partial charge in [-0.1, -0.05) is 6.07 Å². The molecule has 28 heavy (non-hydrogen) atoms. The Morgan fingerprint density at radius 2 is 1.29 bits per heavy atom. The van der Waals surface area contributed by atoms with Crippen LogP contribution in [-0.4, -0.2) is 35.0 Å². The number of hydrogen-bond donors (Lipinski definition) is 4. The van der Waals surface area contributed by atoms with E-state index in [1.807, 2.05) is 0 Å². The summed E-state index contributed by atoms with van der Waals surface area (Å²) in [6.07, 6.45) is 0. The van der Waals surface area contributed by atoms with Crippen LogP contribution in [0.2, 0.25) is 0 Å². The standard InChI is InChI=1S/C16H16N6O6/c23-15(19-11-4-6-13(7-5-11)21(25)26)17-8-9-18-16(24)20-12-2-1-3-14(10-12)22(27)28/h1-7,10H,8-9H2,(H2,17,19,23)(H2,18,20,24).